The number of thiophene rings is 1. The van der Waals surface area contributed by atoms with Crippen LogP contribution in [0.25, 0.3) is 0 Å². The maximum atomic E-state index is 13.7. The van der Waals surface area contributed by atoms with Gasteiger partial charge in [-0.25, -0.2) is 4.39 Å². The standard InChI is InChI=1S/C29H31FN2O3S/c1-4-14-31(29(34)22-6-5-7-23(30)17-22)18-28(33)32-15-12-27-25(13-16-36-27)26(32)19-35-24-10-8-21(9-11-24)20(2)3/h4-11,13,16-17,20,26H,1,12,14-15,18-19H2,2-3H3/t26-/m0/s1. The van der Waals surface area contributed by atoms with Crippen LogP contribution < -0.4 is 4.74 Å². The van der Waals surface area contributed by atoms with Crippen molar-refractivity contribution in [3.63, 3.8) is 0 Å². The van der Waals surface area contributed by atoms with Crippen molar-refractivity contribution in [2.45, 2.75) is 32.2 Å². The van der Waals surface area contributed by atoms with Crippen LogP contribution >= 0.6 is 11.3 Å². The fraction of sp³-hybridized carbons (Fsp3) is 0.310. The minimum absolute atomic E-state index is 0.125. The van der Waals surface area contributed by atoms with Crippen molar-refractivity contribution >= 4 is 23.2 Å². The first-order valence-corrected chi connectivity index (χ1v) is 13.0. The molecule has 1 atom stereocenters. The van der Waals surface area contributed by atoms with E-state index in [1.807, 2.05) is 17.5 Å². The van der Waals surface area contributed by atoms with Crippen LogP contribution in [0.1, 0.15) is 52.2 Å². The van der Waals surface area contributed by atoms with Crippen molar-refractivity contribution < 1.29 is 18.7 Å². The maximum Gasteiger partial charge on any atom is 0.254 e. The van der Waals surface area contributed by atoms with Gasteiger partial charge < -0.3 is 14.5 Å². The number of carbonyl (C=O) groups is 2. The minimum atomic E-state index is -0.495. The van der Waals surface area contributed by atoms with E-state index >= 15 is 0 Å². The van der Waals surface area contributed by atoms with Crippen molar-refractivity contribution in [2.75, 3.05) is 26.2 Å². The van der Waals surface area contributed by atoms with E-state index in [4.69, 9.17) is 4.74 Å². The van der Waals surface area contributed by atoms with Gasteiger partial charge in [-0.2, -0.15) is 0 Å². The lowest BCUT2D eigenvalue weighted by Crippen LogP contribution is -2.47. The molecule has 188 valence electrons. The highest BCUT2D eigenvalue weighted by Gasteiger charge is 2.33. The zero-order chi connectivity index (χ0) is 25.7. The van der Waals surface area contributed by atoms with Crippen molar-refractivity contribution in [3.8, 4) is 5.75 Å². The number of hydrogen-bond acceptors (Lipinski definition) is 4. The van der Waals surface area contributed by atoms with Gasteiger partial charge in [0.1, 0.15) is 24.7 Å². The largest absolute Gasteiger partial charge is 0.491 e. The number of carbonyl (C=O) groups excluding carboxylic acids is 2. The van der Waals surface area contributed by atoms with Crippen molar-refractivity contribution in [2.24, 2.45) is 0 Å². The third-order valence-corrected chi connectivity index (χ3v) is 7.40. The number of halogens is 1. The molecule has 3 aromatic rings. The summed E-state index contributed by atoms with van der Waals surface area (Å²) in [5, 5.41) is 2.04. The summed E-state index contributed by atoms with van der Waals surface area (Å²) in [7, 11) is 0. The van der Waals surface area contributed by atoms with E-state index in [1.54, 1.807) is 28.4 Å². The van der Waals surface area contributed by atoms with Crippen LogP contribution in [-0.2, 0) is 11.2 Å². The molecule has 2 aromatic carbocycles. The van der Waals surface area contributed by atoms with Crippen molar-refractivity contribution in [1.82, 2.24) is 9.80 Å². The SMILES string of the molecule is C=CCN(CC(=O)N1CCc2sccc2[C@@H]1COc1ccc(C(C)C)cc1)C(=O)c1cccc(F)c1. The Labute approximate surface area is 215 Å². The molecule has 0 N–H and O–H groups in total. The van der Waals surface area contributed by atoms with Crippen LogP contribution in [0.3, 0.4) is 0 Å². The summed E-state index contributed by atoms with van der Waals surface area (Å²) in [6, 6.07) is 15.3. The Morgan fingerprint density at radius 3 is 2.69 bits per heavy atom. The quantitative estimate of drug-likeness (QED) is 0.343. The molecule has 2 amide bonds. The van der Waals surface area contributed by atoms with Gasteiger partial charge >= 0.3 is 0 Å². The lowest BCUT2D eigenvalue weighted by atomic mass is 10.00. The van der Waals surface area contributed by atoms with E-state index in [2.05, 4.69) is 38.6 Å². The first kappa shape index (κ1) is 25.6. The molecule has 0 aliphatic carbocycles. The van der Waals surface area contributed by atoms with Crippen molar-refractivity contribution in [3.05, 3.63) is 100 Å². The van der Waals surface area contributed by atoms with E-state index in [0.717, 1.165) is 17.7 Å². The third kappa shape index (κ3) is 5.85. The third-order valence-electron chi connectivity index (χ3n) is 6.40. The molecule has 0 radical (unpaired) electrons. The summed E-state index contributed by atoms with van der Waals surface area (Å²) in [5.41, 5.74) is 2.53. The monoisotopic (exact) mass is 506 g/mol. The van der Waals surface area contributed by atoms with Gasteiger partial charge in [0, 0.05) is 23.5 Å². The van der Waals surface area contributed by atoms with Gasteiger partial charge in [0.25, 0.3) is 5.91 Å². The summed E-state index contributed by atoms with van der Waals surface area (Å²) in [6.45, 7) is 8.93. The molecular weight excluding hydrogens is 475 g/mol. The first-order valence-electron chi connectivity index (χ1n) is 12.1. The van der Waals surface area contributed by atoms with Crippen molar-refractivity contribution in [1.29, 1.82) is 0 Å². The van der Waals surface area contributed by atoms with Gasteiger partial charge in [0.05, 0.1) is 6.04 Å². The summed E-state index contributed by atoms with van der Waals surface area (Å²) >= 11 is 1.69. The second-order valence-electron chi connectivity index (χ2n) is 9.17. The molecule has 0 unspecified atom stereocenters. The number of amides is 2. The Hall–Kier alpha value is -3.45. The molecule has 36 heavy (non-hydrogen) atoms. The van der Waals surface area contributed by atoms with Crippen LogP contribution in [0, 0.1) is 5.82 Å². The normalized spacial score (nSPS) is 14.9. The van der Waals surface area contributed by atoms with E-state index in [-0.39, 0.29) is 30.6 Å². The highest BCUT2D eigenvalue weighted by Crippen LogP contribution is 2.34. The lowest BCUT2D eigenvalue weighted by Gasteiger charge is -2.37. The molecule has 1 aromatic heterocycles. The van der Waals surface area contributed by atoms with Gasteiger partial charge in [-0.05, 0) is 65.2 Å². The molecule has 1 aliphatic heterocycles. The number of hydrogen-bond donors (Lipinski definition) is 0. The smallest absolute Gasteiger partial charge is 0.254 e. The summed E-state index contributed by atoms with van der Waals surface area (Å²) in [5.74, 6) is 0.109. The molecule has 0 saturated heterocycles. The zero-order valence-corrected chi connectivity index (χ0v) is 21.5. The number of fused-ring (bicyclic) bond motifs is 1. The number of ether oxygens (including phenoxy) is 1. The maximum absolute atomic E-state index is 13.7. The summed E-state index contributed by atoms with van der Waals surface area (Å²) < 4.78 is 19.8. The number of rotatable bonds is 9. The van der Waals surface area contributed by atoms with Crippen LogP contribution in [-0.4, -0.2) is 47.9 Å². The minimum Gasteiger partial charge on any atom is -0.491 e. The predicted molar refractivity (Wildman–Crippen MR) is 141 cm³/mol. The molecule has 1 aliphatic rings. The lowest BCUT2D eigenvalue weighted by molar-refractivity contribution is -0.135. The zero-order valence-electron chi connectivity index (χ0n) is 20.7. The van der Waals surface area contributed by atoms with Crippen LogP contribution in [0.2, 0.25) is 0 Å². The molecule has 0 bridgehead atoms. The van der Waals surface area contributed by atoms with E-state index in [9.17, 15) is 14.0 Å². The predicted octanol–water partition coefficient (Wildman–Crippen LogP) is 5.84. The molecule has 0 spiro atoms. The van der Waals surface area contributed by atoms with Gasteiger partial charge in [-0.1, -0.05) is 38.1 Å². The number of benzene rings is 2. The second kappa shape index (κ2) is 11.5. The van der Waals surface area contributed by atoms with E-state index in [1.165, 1.54) is 33.5 Å². The van der Waals surface area contributed by atoms with Gasteiger partial charge in [0.2, 0.25) is 5.91 Å². The Kier molecular flexibility index (Phi) is 8.21. The Morgan fingerprint density at radius 2 is 2.00 bits per heavy atom. The molecular formula is C29H31FN2O3S. The fourth-order valence-corrected chi connectivity index (χ4v) is 5.36. The average Bonchev–Trinajstić information content (AvgIpc) is 3.36. The van der Waals surface area contributed by atoms with Gasteiger partial charge in [0.15, 0.2) is 0 Å². The van der Waals surface area contributed by atoms with Crippen LogP contribution in [0.4, 0.5) is 4.39 Å². The number of nitrogens with zero attached hydrogens (tertiary/aromatic N) is 2. The molecule has 2 heterocycles. The molecule has 7 heteroatoms. The molecule has 0 saturated carbocycles. The van der Waals surface area contributed by atoms with Crippen LogP contribution in [0.5, 0.6) is 5.75 Å². The summed E-state index contributed by atoms with van der Waals surface area (Å²) in [4.78, 5) is 31.0. The fourth-order valence-electron chi connectivity index (χ4n) is 4.43. The van der Waals surface area contributed by atoms with Gasteiger partial charge in [-0.15, -0.1) is 17.9 Å². The average molecular weight is 507 g/mol. The molecule has 4 rings (SSSR count). The Balaban J connectivity index is 1.51. The van der Waals surface area contributed by atoms with E-state index < -0.39 is 11.7 Å². The first-order chi connectivity index (χ1) is 17.4. The Morgan fingerprint density at radius 1 is 1.22 bits per heavy atom. The highest BCUT2D eigenvalue weighted by molar-refractivity contribution is 7.10. The highest BCUT2D eigenvalue weighted by atomic mass is 32.1. The molecule has 5 nitrogen and oxygen atoms in total. The second-order valence-corrected chi connectivity index (χ2v) is 10.2. The summed E-state index contributed by atoms with van der Waals surface area (Å²) in [6.07, 6.45) is 2.33. The van der Waals surface area contributed by atoms with E-state index in [0.29, 0.717) is 19.1 Å². The van der Waals surface area contributed by atoms with Crippen LogP contribution in [0.15, 0.2) is 72.6 Å². The molecule has 0 fully saturated rings. The topological polar surface area (TPSA) is 49.9 Å². The van der Waals surface area contributed by atoms with Gasteiger partial charge in [-0.3, -0.25) is 9.59 Å². The Bertz CT molecular complexity index is 1220.